The molecule has 5 rings (SSSR count). The topological polar surface area (TPSA) is 93.9 Å². The van der Waals surface area contributed by atoms with E-state index in [9.17, 15) is 8.42 Å². The minimum atomic E-state index is -3.05. The fourth-order valence-electron chi connectivity index (χ4n) is 4.47. The summed E-state index contributed by atoms with van der Waals surface area (Å²) in [7, 11) is -3.05. The van der Waals surface area contributed by atoms with E-state index >= 15 is 0 Å². The molecule has 0 saturated carbocycles. The monoisotopic (exact) mass is 476 g/mol. The molecule has 4 aromatic rings. The number of piperidine rings is 1. The Morgan fingerprint density at radius 2 is 1.65 bits per heavy atom. The predicted molar refractivity (Wildman–Crippen MR) is 133 cm³/mol. The molecule has 34 heavy (non-hydrogen) atoms. The van der Waals surface area contributed by atoms with E-state index in [0.717, 1.165) is 71.6 Å². The summed E-state index contributed by atoms with van der Waals surface area (Å²) in [6.45, 7) is 3.89. The molecule has 0 unspecified atom stereocenters. The van der Waals surface area contributed by atoms with Gasteiger partial charge in [-0.05, 0) is 36.5 Å². The molecule has 4 heterocycles. The van der Waals surface area contributed by atoms with Gasteiger partial charge in [-0.15, -0.1) is 0 Å². The van der Waals surface area contributed by atoms with Crippen LogP contribution in [0.25, 0.3) is 22.2 Å². The molecule has 0 atom stereocenters. The molecule has 176 valence electrons. The summed E-state index contributed by atoms with van der Waals surface area (Å²) in [4.78, 5) is 16.0. The summed E-state index contributed by atoms with van der Waals surface area (Å²) in [5.74, 6) is 0.844. The van der Waals surface area contributed by atoms with Gasteiger partial charge in [0.25, 0.3) is 0 Å². The Morgan fingerprint density at radius 3 is 2.29 bits per heavy atom. The minimum absolute atomic E-state index is 0.0432. The van der Waals surface area contributed by atoms with Crippen LogP contribution in [0.15, 0.2) is 55.1 Å². The summed E-state index contributed by atoms with van der Waals surface area (Å²) >= 11 is 0. The van der Waals surface area contributed by atoms with E-state index in [1.54, 1.807) is 0 Å². The molecule has 1 aromatic carbocycles. The lowest BCUT2D eigenvalue weighted by Gasteiger charge is -2.32. The van der Waals surface area contributed by atoms with Crippen molar-refractivity contribution in [1.82, 2.24) is 24.7 Å². The van der Waals surface area contributed by atoms with Crippen molar-refractivity contribution in [3.63, 3.8) is 0 Å². The van der Waals surface area contributed by atoms with Gasteiger partial charge in [-0.2, -0.15) is 5.10 Å². The zero-order chi connectivity index (χ0) is 23.7. The molecule has 0 radical (unpaired) electrons. The first-order valence-electron chi connectivity index (χ1n) is 11.6. The smallest absolute Gasteiger partial charge is 0.225 e. The lowest BCUT2D eigenvalue weighted by molar-refractivity contribution is 0.373. The van der Waals surface area contributed by atoms with Crippen LogP contribution in [-0.4, -0.2) is 52.5 Å². The molecule has 0 spiro atoms. The molecule has 1 aliphatic rings. The number of nitrogens with zero attached hydrogens (tertiary/aromatic N) is 6. The van der Waals surface area contributed by atoms with Crippen LogP contribution in [0.2, 0.25) is 0 Å². The van der Waals surface area contributed by atoms with Crippen LogP contribution in [0.4, 0.5) is 5.95 Å². The highest BCUT2D eigenvalue weighted by molar-refractivity contribution is 7.89. The first-order valence-corrected chi connectivity index (χ1v) is 13.6. The van der Waals surface area contributed by atoms with Crippen LogP contribution in [0, 0.1) is 0 Å². The van der Waals surface area contributed by atoms with Crippen LogP contribution < -0.4 is 4.90 Å². The van der Waals surface area contributed by atoms with Gasteiger partial charge < -0.3 is 4.90 Å². The first kappa shape index (κ1) is 22.5. The molecule has 0 N–H and O–H groups in total. The minimum Gasteiger partial charge on any atom is -0.341 e. The highest BCUT2D eigenvalue weighted by Gasteiger charge is 2.24. The van der Waals surface area contributed by atoms with Gasteiger partial charge in [0.1, 0.15) is 0 Å². The fraction of sp³-hybridized carbons (Fsp3) is 0.360. The van der Waals surface area contributed by atoms with Crippen LogP contribution >= 0.6 is 0 Å². The summed E-state index contributed by atoms with van der Waals surface area (Å²) in [5, 5.41) is 5.74. The number of benzene rings is 1. The maximum absolute atomic E-state index is 11.5. The van der Waals surface area contributed by atoms with E-state index in [2.05, 4.69) is 36.6 Å². The Bertz CT molecular complexity index is 1390. The number of rotatable bonds is 6. The fourth-order valence-corrected chi connectivity index (χ4v) is 5.27. The lowest BCUT2D eigenvalue weighted by Crippen LogP contribution is -2.36. The second-order valence-electron chi connectivity index (χ2n) is 8.95. The zero-order valence-corrected chi connectivity index (χ0v) is 20.2. The summed E-state index contributed by atoms with van der Waals surface area (Å²) < 4.78 is 25.1. The van der Waals surface area contributed by atoms with Gasteiger partial charge >= 0.3 is 0 Å². The van der Waals surface area contributed by atoms with E-state index in [-0.39, 0.29) is 5.75 Å². The number of aromatic nitrogens is 5. The van der Waals surface area contributed by atoms with Crippen molar-refractivity contribution >= 4 is 26.7 Å². The van der Waals surface area contributed by atoms with E-state index in [4.69, 9.17) is 0 Å². The van der Waals surface area contributed by atoms with Crippen molar-refractivity contribution in [2.45, 2.75) is 38.0 Å². The number of sulfone groups is 1. The summed E-state index contributed by atoms with van der Waals surface area (Å²) in [5.41, 5.74) is 4.76. The third-order valence-corrected chi connectivity index (χ3v) is 7.21. The van der Waals surface area contributed by atoms with Gasteiger partial charge in [0.2, 0.25) is 5.95 Å². The zero-order valence-electron chi connectivity index (χ0n) is 19.4. The van der Waals surface area contributed by atoms with Gasteiger partial charge in [-0.1, -0.05) is 31.2 Å². The number of hydrogen-bond donors (Lipinski definition) is 0. The molecule has 0 bridgehead atoms. The molecule has 0 amide bonds. The van der Waals surface area contributed by atoms with Crippen molar-refractivity contribution in [2.24, 2.45) is 0 Å². The summed E-state index contributed by atoms with van der Waals surface area (Å²) in [6.07, 6.45) is 11.8. The standard InChI is InChI=1S/C25H28N6O2S/c1-3-18-13-27-25(28-14-18)30-10-8-22(9-11-30)31-24-16-26-23(12-21(24)15-29-31)20-6-4-19(5-7-20)17-34(2,32)33/h4-7,12-16,22H,3,8-11,17H2,1-2H3. The van der Waals surface area contributed by atoms with Crippen molar-refractivity contribution in [3.05, 3.63) is 66.2 Å². The van der Waals surface area contributed by atoms with Crippen LogP contribution in [0.5, 0.6) is 0 Å². The lowest BCUT2D eigenvalue weighted by atomic mass is 10.1. The van der Waals surface area contributed by atoms with Crippen LogP contribution in [0.1, 0.15) is 36.9 Å². The third-order valence-electron chi connectivity index (χ3n) is 6.35. The second kappa shape index (κ2) is 9.13. The van der Waals surface area contributed by atoms with Crippen molar-refractivity contribution in [3.8, 4) is 11.3 Å². The first-order chi connectivity index (χ1) is 16.4. The summed E-state index contributed by atoms with van der Waals surface area (Å²) in [6, 6.07) is 9.89. The number of pyridine rings is 1. The van der Waals surface area contributed by atoms with Gasteiger partial charge in [0, 0.05) is 42.7 Å². The maximum Gasteiger partial charge on any atom is 0.225 e. The van der Waals surface area contributed by atoms with E-state index < -0.39 is 9.84 Å². The van der Waals surface area contributed by atoms with Gasteiger partial charge in [-0.3, -0.25) is 9.67 Å². The number of aryl methyl sites for hydroxylation is 1. The van der Waals surface area contributed by atoms with E-state index in [1.165, 1.54) is 6.26 Å². The van der Waals surface area contributed by atoms with Crippen LogP contribution in [-0.2, 0) is 22.0 Å². The van der Waals surface area contributed by atoms with Gasteiger partial charge in [0.15, 0.2) is 9.84 Å². The molecule has 0 aliphatic carbocycles. The SMILES string of the molecule is CCc1cnc(N2CCC(n3ncc4cc(-c5ccc(CS(C)(=O)=O)cc5)ncc43)CC2)nc1. The average molecular weight is 477 g/mol. The highest BCUT2D eigenvalue weighted by atomic mass is 32.2. The Labute approximate surface area is 199 Å². The quantitative estimate of drug-likeness (QED) is 0.417. The number of fused-ring (bicyclic) bond motifs is 1. The Kier molecular flexibility index (Phi) is 6.03. The molecule has 1 aliphatic heterocycles. The predicted octanol–water partition coefficient (Wildman–Crippen LogP) is 3.84. The molecule has 9 heteroatoms. The molecular formula is C25H28N6O2S. The highest BCUT2D eigenvalue weighted by Crippen LogP contribution is 2.29. The van der Waals surface area contributed by atoms with Crippen LogP contribution in [0.3, 0.4) is 0 Å². The molecule has 3 aromatic heterocycles. The van der Waals surface area contributed by atoms with E-state index in [1.807, 2.05) is 55.1 Å². The van der Waals surface area contributed by atoms with Crippen molar-refractivity contribution in [2.75, 3.05) is 24.2 Å². The Hall–Kier alpha value is -3.33. The third kappa shape index (κ3) is 4.79. The normalized spacial score (nSPS) is 15.2. The molecule has 8 nitrogen and oxygen atoms in total. The van der Waals surface area contributed by atoms with E-state index in [0.29, 0.717) is 6.04 Å². The van der Waals surface area contributed by atoms with Gasteiger partial charge in [-0.25, -0.2) is 18.4 Å². The van der Waals surface area contributed by atoms with Gasteiger partial charge in [0.05, 0.1) is 35.4 Å². The molecular weight excluding hydrogens is 448 g/mol. The molecule has 1 saturated heterocycles. The Balaban J connectivity index is 1.29. The number of anilines is 1. The average Bonchev–Trinajstić information content (AvgIpc) is 3.27. The van der Waals surface area contributed by atoms with Crippen molar-refractivity contribution in [1.29, 1.82) is 0 Å². The maximum atomic E-state index is 11.5. The second-order valence-corrected chi connectivity index (χ2v) is 11.1. The molecule has 1 fully saturated rings. The Morgan fingerprint density at radius 1 is 0.941 bits per heavy atom. The number of hydrogen-bond acceptors (Lipinski definition) is 7. The largest absolute Gasteiger partial charge is 0.341 e. The van der Waals surface area contributed by atoms with Crippen molar-refractivity contribution < 1.29 is 8.42 Å².